The molecule has 0 spiro atoms. The number of nitrogens with zero attached hydrogens (tertiary/aromatic N) is 2. The second kappa shape index (κ2) is 5.53. The molecule has 0 bridgehead atoms. The van der Waals surface area contributed by atoms with Gasteiger partial charge < -0.3 is 10.5 Å². The van der Waals surface area contributed by atoms with E-state index in [-0.39, 0.29) is 5.60 Å². The van der Waals surface area contributed by atoms with E-state index in [9.17, 15) is 0 Å². The van der Waals surface area contributed by atoms with Crippen molar-refractivity contribution in [2.45, 2.75) is 38.7 Å². The van der Waals surface area contributed by atoms with Gasteiger partial charge in [0, 0.05) is 20.0 Å². The van der Waals surface area contributed by atoms with Crippen molar-refractivity contribution in [3.8, 4) is 0 Å². The van der Waals surface area contributed by atoms with E-state index in [2.05, 4.69) is 10.2 Å². The maximum atomic E-state index is 5.44. The molecule has 0 fully saturated rings. The van der Waals surface area contributed by atoms with Crippen LogP contribution in [0.1, 0.15) is 30.3 Å². The Bertz CT molecular complexity index is 299. The standard InChI is InChI=1S/C10H19N3OS/c1-10(2,14-3)7-9-13-12-8(15-9)5-4-6-11/h4-7,11H2,1-3H3. The summed E-state index contributed by atoms with van der Waals surface area (Å²) in [6.45, 7) is 4.81. The van der Waals surface area contributed by atoms with Crippen molar-refractivity contribution in [1.29, 1.82) is 0 Å². The smallest absolute Gasteiger partial charge is 0.120 e. The van der Waals surface area contributed by atoms with E-state index in [0.29, 0.717) is 6.54 Å². The summed E-state index contributed by atoms with van der Waals surface area (Å²) in [6.07, 6.45) is 2.72. The second-order valence-electron chi connectivity index (χ2n) is 4.12. The van der Waals surface area contributed by atoms with Crippen LogP contribution in [0.4, 0.5) is 0 Å². The fourth-order valence-corrected chi connectivity index (χ4v) is 2.25. The number of nitrogens with two attached hydrogens (primary N) is 1. The van der Waals surface area contributed by atoms with Crippen molar-refractivity contribution in [1.82, 2.24) is 10.2 Å². The maximum Gasteiger partial charge on any atom is 0.120 e. The average Bonchev–Trinajstić information content (AvgIpc) is 2.62. The lowest BCUT2D eigenvalue weighted by Gasteiger charge is -2.20. The third-order valence-electron chi connectivity index (χ3n) is 2.23. The van der Waals surface area contributed by atoms with E-state index in [1.54, 1.807) is 18.4 Å². The fourth-order valence-electron chi connectivity index (χ4n) is 1.15. The van der Waals surface area contributed by atoms with Crippen LogP contribution in [0, 0.1) is 0 Å². The zero-order valence-corrected chi connectivity index (χ0v) is 10.4. The Morgan fingerprint density at radius 1 is 1.33 bits per heavy atom. The first kappa shape index (κ1) is 12.5. The van der Waals surface area contributed by atoms with Crippen LogP contribution >= 0.6 is 11.3 Å². The SMILES string of the molecule is COC(C)(C)Cc1nnc(CCCN)s1. The molecule has 0 saturated heterocycles. The second-order valence-corrected chi connectivity index (χ2v) is 5.27. The van der Waals surface area contributed by atoms with Crippen LogP contribution < -0.4 is 5.73 Å². The van der Waals surface area contributed by atoms with Crippen LogP contribution in [0.2, 0.25) is 0 Å². The zero-order valence-electron chi connectivity index (χ0n) is 9.62. The predicted octanol–water partition coefficient (Wildman–Crippen LogP) is 1.40. The van der Waals surface area contributed by atoms with Crippen LogP contribution in [-0.2, 0) is 17.6 Å². The molecule has 0 aliphatic carbocycles. The lowest BCUT2D eigenvalue weighted by Crippen LogP contribution is -2.25. The maximum absolute atomic E-state index is 5.44. The molecule has 15 heavy (non-hydrogen) atoms. The minimum Gasteiger partial charge on any atom is -0.378 e. The largest absolute Gasteiger partial charge is 0.378 e. The summed E-state index contributed by atoms with van der Waals surface area (Å²) in [7, 11) is 1.72. The highest BCUT2D eigenvalue weighted by Crippen LogP contribution is 2.19. The Morgan fingerprint density at radius 2 is 2.00 bits per heavy atom. The first-order valence-electron chi connectivity index (χ1n) is 5.14. The monoisotopic (exact) mass is 229 g/mol. The molecule has 0 aliphatic heterocycles. The van der Waals surface area contributed by atoms with Crippen molar-refractivity contribution >= 4 is 11.3 Å². The van der Waals surface area contributed by atoms with E-state index in [4.69, 9.17) is 10.5 Å². The Morgan fingerprint density at radius 3 is 2.60 bits per heavy atom. The van der Waals surface area contributed by atoms with Crippen LogP contribution in [0.25, 0.3) is 0 Å². The van der Waals surface area contributed by atoms with Crippen LogP contribution in [0.3, 0.4) is 0 Å². The molecule has 4 nitrogen and oxygen atoms in total. The van der Waals surface area contributed by atoms with Gasteiger partial charge in [0.2, 0.25) is 0 Å². The molecule has 0 unspecified atom stereocenters. The van der Waals surface area contributed by atoms with Crippen molar-refractivity contribution in [3.05, 3.63) is 10.0 Å². The summed E-state index contributed by atoms with van der Waals surface area (Å²) >= 11 is 1.66. The number of rotatable bonds is 6. The molecule has 1 aromatic heterocycles. The van der Waals surface area contributed by atoms with Crippen molar-refractivity contribution < 1.29 is 4.74 Å². The third kappa shape index (κ3) is 4.24. The van der Waals surface area contributed by atoms with E-state index in [1.165, 1.54) is 0 Å². The average molecular weight is 229 g/mol. The number of ether oxygens (including phenoxy) is 1. The van der Waals surface area contributed by atoms with Crippen LogP contribution in [0.15, 0.2) is 0 Å². The molecule has 0 saturated carbocycles. The lowest BCUT2D eigenvalue weighted by atomic mass is 10.1. The van der Waals surface area contributed by atoms with Gasteiger partial charge in [0.25, 0.3) is 0 Å². The zero-order chi connectivity index (χ0) is 11.3. The molecule has 0 aromatic carbocycles. The first-order chi connectivity index (χ1) is 7.07. The van der Waals surface area contributed by atoms with Gasteiger partial charge in [-0.05, 0) is 26.8 Å². The van der Waals surface area contributed by atoms with Gasteiger partial charge in [-0.3, -0.25) is 0 Å². The normalized spacial score (nSPS) is 12.0. The van der Waals surface area contributed by atoms with Gasteiger partial charge in [0.05, 0.1) is 5.60 Å². The minimum absolute atomic E-state index is 0.162. The van der Waals surface area contributed by atoms with Gasteiger partial charge in [-0.25, -0.2) is 0 Å². The number of methoxy groups -OCH3 is 1. The highest BCUT2D eigenvalue weighted by Gasteiger charge is 2.19. The Hall–Kier alpha value is -0.520. The molecule has 1 rings (SSSR count). The lowest BCUT2D eigenvalue weighted by molar-refractivity contribution is 0.0230. The highest BCUT2D eigenvalue weighted by atomic mass is 32.1. The molecule has 1 heterocycles. The van der Waals surface area contributed by atoms with Gasteiger partial charge in [-0.2, -0.15) is 0 Å². The Balaban J connectivity index is 2.52. The number of hydrogen-bond donors (Lipinski definition) is 1. The molecule has 5 heteroatoms. The topological polar surface area (TPSA) is 61.0 Å². The first-order valence-corrected chi connectivity index (χ1v) is 5.95. The van der Waals surface area contributed by atoms with Crippen LogP contribution in [0.5, 0.6) is 0 Å². The summed E-state index contributed by atoms with van der Waals surface area (Å²) in [6, 6.07) is 0. The molecule has 2 N–H and O–H groups in total. The Labute approximate surface area is 94.9 Å². The molecule has 0 aliphatic rings. The summed E-state index contributed by atoms with van der Waals surface area (Å²) in [5.74, 6) is 0. The number of aryl methyl sites for hydroxylation is 1. The molecule has 0 amide bonds. The predicted molar refractivity (Wildman–Crippen MR) is 62.1 cm³/mol. The highest BCUT2D eigenvalue weighted by molar-refractivity contribution is 7.11. The molecular formula is C10H19N3OS. The van der Waals surface area contributed by atoms with Gasteiger partial charge in [0.15, 0.2) is 0 Å². The summed E-state index contributed by atoms with van der Waals surface area (Å²) < 4.78 is 5.35. The van der Waals surface area contributed by atoms with E-state index in [1.807, 2.05) is 13.8 Å². The quantitative estimate of drug-likeness (QED) is 0.801. The molecular weight excluding hydrogens is 210 g/mol. The minimum atomic E-state index is -0.162. The van der Waals surface area contributed by atoms with E-state index < -0.39 is 0 Å². The van der Waals surface area contributed by atoms with E-state index in [0.717, 1.165) is 29.3 Å². The van der Waals surface area contributed by atoms with Crippen molar-refractivity contribution in [3.63, 3.8) is 0 Å². The van der Waals surface area contributed by atoms with Crippen LogP contribution in [-0.4, -0.2) is 29.5 Å². The molecule has 0 radical (unpaired) electrons. The van der Waals surface area contributed by atoms with Gasteiger partial charge in [-0.1, -0.05) is 0 Å². The Kier molecular flexibility index (Phi) is 4.63. The number of aromatic nitrogens is 2. The summed E-state index contributed by atoms with van der Waals surface area (Å²) in [5, 5.41) is 10.4. The molecule has 1 aromatic rings. The molecule has 0 atom stereocenters. The van der Waals surface area contributed by atoms with Gasteiger partial charge in [0.1, 0.15) is 10.0 Å². The fraction of sp³-hybridized carbons (Fsp3) is 0.800. The molecule has 86 valence electrons. The van der Waals surface area contributed by atoms with E-state index >= 15 is 0 Å². The van der Waals surface area contributed by atoms with Crippen molar-refractivity contribution in [2.75, 3.05) is 13.7 Å². The number of hydrogen-bond acceptors (Lipinski definition) is 5. The summed E-state index contributed by atoms with van der Waals surface area (Å²) in [5.41, 5.74) is 5.28. The van der Waals surface area contributed by atoms with Gasteiger partial charge >= 0.3 is 0 Å². The van der Waals surface area contributed by atoms with Crippen molar-refractivity contribution in [2.24, 2.45) is 5.73 Å². The van der Waals surface area contributed by atoms with Gasteiger partial charge in [-0.15, -0.1) is 21.5 Å². The third-order valence-corrected chi connectivity index (χ3v) is 3.22. The summed E-state index contributed by atoms with van der Waals surface area (Å²) in [4.78, 5) is 0.